The van der Waals surface area contributed by atoms with Crippen molar-refractivity contribution in [2.45, 2.75) is 31.2 Å². The van der Waals surface area contributed by atoms with Gasteiger partial charge in [-0.2, -0.15) is 0 Å². The zero-order valence-electron chi connectivity index (χ0n) is 16.8. The van der Waals surface area contributed by atoms with E-state index in [1.807, 2.05) is 42.6 Å². The van der Waals surface area contributed by atoms with E-state index < -0.39 is 0 Å². The maximum absolute atomic E-state index is 13.2. The lowest BCUT2D eigenvalue weighted by atomic mass is 10.2. The largest absolute Gasteiger partial charge is 0.284 e. The van der Waals surface area contributed by atoms with Crippen LogP contribution in [0.15, 0.2) is 78.0 Å². The summed E-state index contributed by atoms with van der Waals surface area (Å²) in [4.78, 5) is 25.1. The summed E-state index contributed by atoms with van der Waals surface area (Å²) in [5.41, 5.74) is 3.21. The van der Waals surface area contributed by atoms with Gasteiger partial charge in [-0.3, -0.25) is 14.7 Å². The van der Waals surface area contributed by atoms with Gasteiger partial charge >= 0.3 is 0 Å². The van der Waals surface area contributed by atoms with Gasteiger partial charge in [0.25, 0.3) is 0 Å². The van der Waals surface area contributed by atoms with Crippen LogP contribution < -0.4 is 4.90 Å². The quantitative estimate of drug-likeness (QED) is 0.321. The van der Waals surface area contributed by atoms with Crippen molar-refractivity contribution in [1.29, 1.82) is 0 Å². The average molecular weight is 434 g/mol. The molecule has 0 atom stereocenters. The summed E-state index contributed by atoms with van der Waals surface area (Å²) in [6.07, 6.45) is 4.99. The first-order valence-corrected chi connectivity index (χ1v) is 11.8. The Morgan fingerprint density at radius 1 is 1.07 bits per heavy atom. The molecule has 1 amide bonds. The van der Waals surface area contributed by atoms with Crippen LogP contribution in [0.5, 0.6) is 0 Å². The molecule has 0 fully saturated rings. The number of rotatable bonds is 8. The highest BCUT2D eigenvalue weighted by atomic mass is 32.2. The van der Waals surface area contributed by atoms with Crippen LogP contribution in [-0.4, -0.2) is 21.6 Å². The smallest absolute Gasteiger partial charge is 0.229 e. The van der Waals surface area contributed by atoms with E-state index in [1.54, 1.807) is 34.2 Å². The molecule has 0 N–H and O–H groups in total. The van der Waals surface area contributed by atoms with E-state index in [4.69, 9.17) is 4.98 Å². The van der Waals surface area contributed by atoms with Gasteiger partial charge in [0, 0.05) is 29.5 Å². The van der Waals surface area contributed by atoms with Crippen LogP contribution in [0.2, 0.25) is 0 Å². The monoisotopic (exact) mass is 433 g/mol. The first-order valence-electron chi connectivity index (χ1n) is 9.99. The molecule has 152 valence electrons. The summed E-state index contributed by atoms with van der Waals surface area (Å²) in [5.74, 6) is 0.814. The standard InChI is InChI=1S/C24H23N3OS2/c1-2-18-10-11-21-22(15-18)30-24(26-21)27(17-19-7-6-13-25-16-19)23(28)12-14-29-20-8-4-3-5-9-20/h3-11,13,15-16H,2,12,14,17H2,1H3. The molecule has 0 unspecified atom stereocenters. The van der Waals surface area contributed by atoms with Crippen molar-refractivity contribution < 1.29 is 4.79 Å². The normalized spacial score (nSPS) is 11.0. The number of amides is 1. The number of hydrogen-bond donors (Lipinski definition) is 0. The molecule has 0 radical (unpaired) electrons. The summed E-state index contributed by atoms with van der Waals surface area (Å²) >= 11 is 3.28. The number of nitrogens with zero attached hydrogens (tertiary/aromatic N) is 3. The van der Waals surface area contributed by atoms with E-state index in [0.717, 1.165) is 33.1 Å². The number of fused-ring (bicyclic) bond motifs is 1. The van der Waals surface area contributed by atoms with Crippen molar-refractivity contribution in [3.05, 3.63) is 84.2 Å². The third kappa shape index (κ3) is 5.07. The molecule has 0 saturated carbocycles. The highest BCUT2D eigenvalue weighted by Crippen LogP contribution is 2.31. The molecule has 0 bridgehead atoms. The van der Waals surface area contributed by atoms with Crippen molar-refractivity contribution in [3.8, 4) is 0 Å². The zero-order chi connectivity index (χ0) is 20.8. The van der Waals surface area contributed by atoms with Gasteiger partial charge in [-0.05, 0) is 47.9 Å². The van der Waals surface area contributed by atoms with E-state index in [2.05, 4.69) is 36.2 Å². The minimum atomic E-state index is 0.0806. The van der Waals surface area contributed by atoms with Crippen LogP contribution in [-0.2, 0) is 17.8 Å². The fraction of sp³-hybridized carbons (Fsp3) is 0.208. The number of hydrogen-bond acceptors (Lipinski definition) is 5. The molecule has 0 aliphatic carbocycles. The van der Waals surface area contributed by atoms with Gasteiger partial charge < -0.3 is 0 Å². The Morgan fingerprint density at radius 3 is 2.70 bits per heavy atom. The first kappa shape index (κ1) is 20.6. The summed E-state index contributed by atoms with van der Waals surface area (Å²) < 4.78 is 1.12. The summed E-state index contributed by atoms with van der Waals surface area (Å²) in [7, 11) is 0. The number of thiazole rings is 1. The first-order chi connectivity index (χ1) is 14.7. The third-order valence-electron chi connectivity index (χ3n) is 4.77. The van der Waals surface area contributed by atoms with E-state index in [-0.39, 0.29) is 5.91 Å². The van der Waals surface area contributed by atoms with E-state index in [1.165, 1.54) is 10.5 Å². The van der Waals surface area contributed by atoms with Gasteiger partial charge in [0.2, 0.25) is 5.91 Å². The Bertz CT molecular complexity index is 1110. The summed E-state index contributed by atoms with van der Waals surface area (Å²) in [5, 5.41) is 0.747. The number of aromatic nitrogens is 2. The van der Waals surface area contributed by atoms with Crippen LogP contribution >= 0.6 is 23.1 Å². The van der Waals surface area contributed by atoms with Crippen LogP contribution in [0.4, 0.5) is 5.13 Å². The third-order valence-corrected chi connectivity index (χ3v) is 6.83. The SMILES string of the molecule is CCc1ccc2nc(N(Cc3cccnc3)C(=O)CCSc3ccccc3)sc2c1. The number of pyridine rings is 1. The van der Waals surface area contributed by atoms with Gasteiger partial charge in [0.15, 0.2) is 5.13 Å². The second-order valence-corrected chi connectivity index (χ2v) is 9.08. The van der Waals surface area contributed by atoms with Crippen molar-refractivity contribution in [3.63, 3.8) is 0 Å². The molecule has 2 heterocycles. The lowest BCUT2D eigenvalue weighted by Gasteiger charge is -2.20. The van der Waals surface area contributed by atoms with Crippen molar-refractivity contribution in [2.24, 2.45) is 0 Å². The molecular formula is C24H23N3OS2. The molecule has 0 spiro atoms. The minimum Gasteiger partial charge on any atom is -0.284 e. The van der Waals surface area contributed by atoms with E-state index in [0.29, 0.717) is 13.0 Å². The molecule has 4 nitrogen and oxygen atoms in total. The number of carbonyl (C=O) groups excluding carboxylic acids is 1. The second kappa shape index (κ2) is 9.87. The molecule has 2 aromatic heterocycles. The van der Waals surface area contributed by atoms with Crippen molar-refractivity contribution in [2.75, 3.05) is 10.7 Å². The Labute approximate surface area is 185 Å². The lowest BCUT2D eigenvalue weighted by Crippen LogP contribution is -2.30. The fourth-order valence-electron chi connectivity index (χ4n) is 3.14. The average Bonchev–Trinajstić information content (AvgIpc) is 3.21. The molecule has 4 rings (SSSR count). The lowest BCUT2D eigenvalue weighted by molar-refractivity contribution is -0.118. The van der Waals surface area contributed by atoms with Crippen molar-refractivity contribution in [1.82, 2.24) is 9.97 Å². The number of thioether (sulfide) groups is 1. The van der Waals surface area contributed by atoms with Crippen LogP contribution in [0.3, 0.4) is 0 Å². The number of benzene rings is 2. The Balaban J connectivity index is 1.55. The Hall–Kier alpha value is -2.70. The summed E-state index contributed by atoms with van der Waals surface area (Å²) in [6, 6.07) is 20.4. The van der Waals surface area contributed by atoms with Crippen LogP contribution in [0.25, 0.3) is 10.2 Å². The van der Waals surface area contributed by atoms with Gasteiger partial charge in [-0.25, -0.2) is 4.98 Å². The predicted octanol–water partition coefficient (Wildman–Crippen LogP) is 5.97. The van der Waals surface area contributed by atoms with Crippen LogP contribution in [0, 0.1) is 0 Å². The fourth-order valence-corrected chi connectivity index (χ4v) is 5.04. The highest BCUT2D eigenvalue weighted by Gasteiger charge is 2.20. The van der Waals surface area contributed by atoms with Crippen molar-refractivity contribution >= 4 is 44.4 Å². The van der Waals surface area contributed by atoms with Crippen LogP contribution in [0.1, 0.15) is 24.5 Å². The topological polar surface area (TPSA) is 46.1 Å². The second-order valence-electron chi connectivity index (χ2n) is 6.90. The minimum absolute atomic E-state index is 0.0806. The molecule has 0 aliphatic rings. The molecule has 0 aliphatic heterocycles. The van der Waals surface area contributed by atoms with E-state index in [9.17, 15) is 4.79 Å². The zero-order valence-corrected chi connectivity index (χ0v) is 18.5. The molecule has 2 aromatic carbocycles. The van der Waals surface area contributed by atoms with E-state index >= 15 is 0 Å². The van der Waals surface area contributed by atoms with Gasteiger partial charge in [0.05, 0.1) is 16.8 Å². The Morgan fingerprint density at radius 2 is 1.93 bits per heavy atom. The van der Waals surface area contributed by atoms with Gasteiger partial charge in [-0.15, -0.1) is 11.8 Å². The number of aryl methyl sites for hydroxylation is 1. The van der Waals surface area contributed by atoms with Gasteiger partial charge in [-0.1, -0.05) is 48.6 Å². The Kier molecular flexibility index (Phi) is 6.77. The molecule has 6 heteroatoms. The molecule has 30 heavy (non-hydrogen) atoms. The van der Waals surface area contributed by atoms with Gasteiger partial charge in [0.1, 0.15) is 0 Å². The predicted molar refractivity (Wildman–Crippen MR) is 126 cm³/mol. The summed E-state index contributed by atoms with van der Waals surface area (Å²) in [6.45, 7) is 2.62. The molecule has 4 aromatic rings. The number of carbonyl (C=O) groups is 1. The maximum atomic E-state index is 13.2. The molecular weight excluding hydrogens is 410 g/mol. The maximum Gasteiger partial charge on any atom is 0.229 e. The molecule has 0 saturated heterocycles. The number of anilines is 1. The highest BCUT2D eigenvalue weighted by molar-refractivity contribution is 7.99.